The van der Waals surface area contributed by atoms with Crippen molar-refractivity contribution in [1.82, 2.24) is 0 Å². The van der Waals surface area contributed by atoms with Gasteiger partial charge in [0.25, 0.3) is 0 Å². The fraction of sp³-hybridized carbons (Fsp3) is 0.500. The van der Waals surface area contributed by atoms with Gasteiger partial charge in [-0.25, -0.2) is 0 Å². The third kappa shape index (κ3) is 2.94. The second kappa shape index (κ2) is 5.14. The zero-order valence-corrected chi connectivity index (χ0v) is 8.82. The second-order valence-electron chi connectivity index (χ2n) is 3.81. The van der Waals surface area contributed by atoms with Crippen LogP contribution in [-0.4, -0.2) is 12.9 Å². The number of nitrogen functional groups attached to an aromatic ring is 1. The van der Waals surface area contributed by atoms with Crippen LogP contribution in [0.2, 0.25) is 0 Å². The molecule has 2 N–H and O–H groups in total. The van der Waals surface area contributed by atoms with Crippen LogP contribution < -0.4 is 5.73 Å². The molecule has 1 heterocycles. The van der Waals surface area contributed by atoms with Gasteiger partial charge in [0, 0.05) is 17.9 Å². The standard InChI is InChI=1S/C12H17NO2/c13-11-6-2-1-5-10(11)9-15-12-7-3-4-8-14-12/h1-2,5-6,12H,3-4,7-9,13H2. The van der Waals surface area contributed by atoms with Gasteiger partial charge >= 0.3 is 0 Å². The highest BCUT2D eigenvalue weighted by Gasteiger charge is 2.14. The Balaban J connectivity index is 1.84. The number of hydrogen-bond acceptors (Lipinski definition) is 3. The summed E-state index contributed by atoms with van der Waals surface area (Å²) in [4.78, 5) is 0. The lowest BCUT2D eigenvalue weighted by atomic mass is 10.2. The lowest BCUT2D eigenvalue weighted by molar-refractivity contribution is -0.168. The van der Waals surface area contributed by atoms with Crippen LogP contribution in [0.25, 0.3) is 0 Å². The summed E-state index contributed by atoms with van der Waals surface area (Å²) >= 11 is 0. The van der Waals surface area contributed by atoms with Gasteiger partial charge in [0.05, 0.1) is 6.61 Å². The summed E-state index contributed by atoms with van der Waals surface area (Å²) in [6.07, 6.45) is 3.29. The Labute approximate surface area is 90.2 Å². The van der Waals surface area contributed by atoms with E-state index in [1.54, 1.807) is 0 Å². The van der Waals surface area contributed by atoms with Gasteiger partial charge in [-0.2, -0.15) is 0 Å². The van der Waals surface area contributed by atoms with E-state index in [2.05, 4.69) is 0 Å². The number of benzene rings is 1. The van der Waals surface area contributed by atoms with Crippen molar-refractivity contribution in [3.05, 3.63) is 29.8 Å². The molecule has 1 aliphatic heterocycles. The van der Waals surface area contributed by atoms with Crippen LogP contribution in [-0.2, 0) is 16.1 Å². The SMILES string of the molecule is Nc1ccccc1COC1CCCCO1. The van der Waals surface area contributed by atoms with E-state index in [9.17, 15) is 0 Å². The first-order valence-corrected chi connectivity index (χ1v) is 5.43. The van der Waals surface area contributed by atoms with Crippen molar-refractivity contribution in [2.45, 2.75) is 32.2 Å². The zero-order chi connectivity index (χ0) is 10.5. The van der Waals surface area contributed by atoms with Gasteiger partial charge in [-0.1, -0.05) is 18.2 Å². The van der Waals surface area contributed by atoms with Gasteiger partial charge in [0.15, 0.2) is 6.29 Å². The maximum atomic E-state index is 5.82. The number of ether oxygens (including phenoxy) is 2. The van der Waals surface area contributed by atoms with E-state index in [4.69, 9.17) is 15.2 Å². The second-order valence-corrected chi connectivity index (χ2v) is 3.81. The zero-order valence-electron chi connectivity index (χ0n) is 8.82. The molecule has 0 radical (unpaired) electrons. The fourth-order valence-electron chi connectivity index (χ4n) is 1.69. The molecule has 0 saturated carbocycles. The third-order valence-electron chi connectivity index (χ3n) is 2.62. The molecule has 1 fully saturated rings. The van der Waals surface area contributed by atoms with Gasteiger partial charge in [-0.05, 0) is 25.3 Å². The first kappa shape index (κ1) is 10.5. The summed E-state index contributed by atoms with van der Waals surface area (Å²) in [6.45, 7) is 1.35. The van der Waals surface area contributed by atoms with E-state index in [0.29, 0.717) is 6.61 Å². The summed E-state index contributed by atoms with van der Waals surface area (Å²) in [6, 6.07) is 7.77. The molecule has 82 valence electrons. The Bertz CT molecular complexity index is 308. The maximum absolute atomic E-state index is 5.82. The molecule has 2 rings (SSSR count). The molecular weight excluding hydrogens is 190 g/mol. The van der Waals surface area contributed by atoms with E-state index in [-0.39, 0.29) is 6.29 Å². The normalized spacial score (nSPS) is 21.5. The number of nitrogens with two attached hydrogens (primary N) is 1. The average molecular weight is 207 g/mol. The predicted octanol–water partition coefficient (Wildman–Crippen LogP) is 2.31. The first-order valence-electron chi connectivity index (χ1n) is 5.43. The van der Waals surface area contributed by atoms with Crippen molar-refractivity contribution in [2.24, 2.45) is 0 Å². The summed E-state index contributed by atoms with van der Waals surface area (Å²) < 4.78 is 11.1. The van der Waals surface area contributed by atoms with Crippen LogP contribution in [0.1, 0.15) is 24.8 Å². The number of hydrogen-bond donors (Lipinski definition) is 1. The lowest BCUT2D eigenvalue weighted by Gasteiger charge is -2.22. The maximum Gasteiger partial charge on any atom is 0.158 e. The minimum absolute atomic E-state index is 0.0432. The van der Waals surface area contributed by atoms with Crippen molar-refractivity contribution < 1.29 is 9.47 Å². The quantitative estimate of drug-likeness (QED) is 0.773. The van der Waals surface area contributed by atoms with Crippen LogP contribution in [0.4, 0.5) is 5.69 Å². The monoisotopic (exact) mass is 207 g/mol. The minimum atomic E-state index is -0.0432. The first-order chi connectivity index (χ1) is 7.36. The summed E-state index contributed by atoms with van der Waals surface area (Å²) in [7, 11) is 0. The summed E-state index contributed by atoms with van der Waals surface area (Å²) in [5.74, 6) is 0. The third-order valence-corrected chi connectivity index (χ3v) is 2.62. The van der Waals surface area contributed by atoms with E-state index in [1.807, 2.05) is 24.3 Å². The molecule has 0 amide bonds. The molecule has 0 bridgehead atoms. The van der Waals surface area contributed by atoms with Crippen LogP contribution >= 0.6 is 0 Å². The molecule has 3 heteroatoms. The van der Waals surface area contributed by atoms with Gasteiger partial charge in [0.2, 0.25) is 0 Å². The average Bonchev–Trinajstić information content (AvgIpc) is 2.29. The molecule has 1 atom stereocenters. The highest BCUT2D eigenvalue weighted by molar-refractivity contribution is 5.45. The molecular formula is C12H17NO2. The largest absolute Gasteiger partial charge is 0.398 e. The molecule has 1 aromatic carbocycles. The minimum Gasteiger partial charge on any atom is -0.398 e. The molecule has 0 spiro atoms. The predicted molar refractivity (Wildman–Crippen MR) is 59.2 cm³/mol. The Morgan fingerprint density at radius 2 is 2.20 bits per heavy atom. The summed E-state index contributed by atoms with van der Waals surface area (Å²) in [5, 5.41) is 0. The van der Waals surface area contributed by atoms with E-state index in [1.165, 1.54) is 6.42 Å². The van der Waals surface area contributed by atoms with Crippen molar-refractivity contribution in [1.29, 1.82) is 0 Å². The van der Waals surface area contributed by atoms with Crippen molar-refractivity contribution >= 4 is 5.69 Å². The Morgan fingerprint density at radius 3 is 2.93 bits per heavy atom. The van der Waals surface area contributed by atoms with Crippen molar-refractivity contribution in [2.75, 3.05) is 12.3 Å². The highest BCUT2D eigenvalue weighted by Crippen LogP contribution is 2.17. The molecule has 1 unspecified atom stereocenters. The smallest absolute Gasteiger partial charge is 0.158 e. The molecule has 1 aromatic rings. The Kier molecular flexibility index (Phi) is 3.59. The number of para-hydroxylation sites is 1. The number of rotatable bonds is 3. The molecule has 0 aliphatic carbocycles. The van der Waals surface area contributed by atoms with Crippen LogP contribution in [0.15, 0.2) is 24.3 Å². The van der Waals surface area contributed by atoms with Gasteiger partial charge in [-0.3, -0.25) is 0 Å². The molecule has 1 aliphatic rings. The van der Waals surface area contributed by atoms with Crippen molar-refractivity contribution in [3.63, 3.8) is 0 Å². The number of anilines is 1. The van der Waals surface area contributed by atoms with E-state index < -0.39 is 0 Å². The molecule has 1 saturated heterocycles. The lowest BCUT2D eigenvalue weighted by Crippen LogP contribution is -2.22. The van der Waals surface area contributed by atoms with E-state index in [0.717, 1.165) is 30.7 Å². The Morgan fingerprint density at radius 1 is 1.33 bits per heavy atom. The van der Waals surface area contributed by atoms with Crippen LogP contribution in [0.5, 0.6) is 0 Å². The topological polar surface area (TPSA) is 44.5 Å². The fourth-order valence-corrected chi connectivity index (χ4v) is 1.69. The summed E-state index contributed by atoms with van der Waals surface area (Å²) in [5.41, 5.74) is 7.63. The van der Waals surface area contributed by atoms with Gasteiger partial charge in [-0.15, -0.1) is 0 Å². The molecule has 3 nitrogen and oxygen atoms in total. The van der Waals surface area contributed by atoms with Gasteiger partial charge < -0.3 is 15.2 Å². The van der Waals surface area contributed by atoms with Gasteiger partial charge in [0.1, 0.15) is 0 Å². The molecule has 15 heavy (non-hydrogen) atoms. The highest BCUT2D eigenvalue weighted by atomic mass is 16.7. The van der Waals surface area contributed by atoms with Crippen LogP contribution in [0, 0.1) is 0 Å². The van der Waals surface area contributed by atoms with Crippen molar-refractivity contribution in [3.8, 4) is 0 Å². The van der Waals surface area contributed by atoms with E-state index >= 15 is 0 Å². The Hall–Kier alpha value is -1.06. The van der Waals surface area contributed by atoms with Crippen LogP contribution in [0.3, 0.4) is 0 Å². The molecule has 0 aromatic heterocycles.